The third-order valence-electron chi connectivity index (χ3n) is 5.02. The summed E-state index contributed by atoms with van der Waals surface area (Å²) in [5.74, 6) is -2.89. The molecule has 0 fully saturated rings. The second kappa shape index (κ2) is 7.41. The van der Waals surface area contributed by atoms with E-state index in [4.69, 9.17) is 5.73 Å². The van der Waals surface area contributed by atoms with Gasteiger partial charge in [-0.1, -0.05) is 54.6 Å². The monoisotopic (exact) mass is 402 g/mol. The van der Waals surface area contributed by atoms with Crippen LogP contribution in [0.2, 0.25) is 0 Å². The van der Waals surface area contributed by atoms with Crippen molar-refractivity contribution in [1.29, 1.82) is 0 Å². The van der Waals surface area contributed by atoms with Crippen LogP contribution in [0, 0.1) is 0 Å². The maximum atomic E-state index is 12.6. The summed E-state index contributed by atoms with van der Waals surface area (Å²) in [7, 11) is 0. The Hall–Kier alpha value is -4.04. The van der Waals surface area contributed by atoms with Crippen LogP contribution in [-0.2, 0) is 20.0 Å². The van der Waals surface area contributed by atoms with Crippen LogP contribution in [0.4, 0.5) is 5.69 Å². The molecule has 3 amide bonds. The van der Waals surface area contributed by atoms with E-state index in [1.165, 1.54) is 0 Å². The number of hydrazone groups is 1. The van der Waals surface area contributed by atoms with Gasteiger partial charge in [-0.25, -0.2) is 5.43 Å². The SMILES string of the molecule is NC(=O)C(=O)N/N=C(/C[C@@]1(O)C(=O)Nc2ccccc21)c1ccc2ccccc2c1. The molecule has 150 valence electrons. The van der Waals surface area contributed by atoms with E-state index in [2.05, 4.69) is 15.8 Å². The maximum Gasteiger partial charge on any atom is 0.329 e. The van der Waals surface area contributed by atoms with E-state index >= 15 is 0 Å². The smallest absolute Gasteiger partial charge is 0.329 e. The molecule has 1 aliphatic heterocycles. The van der Waals surface area contributed by atoms with Gasteiger partial charge in [0.05, 0.1) is 5.71 Å². The van der Waals surface area contributed by atoms with Crippen LogP contribution >= 0.6 is 0 Å². The van der Waals surface area contributed by atoms with E-state index in [1.807, 2.05) is 36.4 Å². The molecule has 1 heterocycles. The maximum absolute atomic E-state index is 12.6. The zero-order valence-electron chi connectivity index (χ0n) is 15.8. The van der Waals surface area contributed by atoms with Gasteiger partial charge >= 0.3 is 11.8 Å². The highest BCUT2D eigenvalue weighted by Gasteiger charge is 2.46. The molecular formula is C22H18N4O4. The zero-order chi connectivity index (χ0) is 21.3. The molecule has 0 spiro atoms. The van der Waals surface area contributed by atoms with Gasteiger partial charge in [-0.2, -0.15) is 5.10 Å². The average molecular weight is 402 g/mol. The fourth-order valence-electron chi connectivity index (χ4n) is 3.47. The molecule has 4 rings (SSSR count). The van der Waals surface area contributed by atoms with Crippen LogP contribution in [0.5, 0.6) is 0 Å². The van der Waals surface area contributed by atoms with Gasteiger partial charge in [-0.15, -0.1) is 0 Å². The Bertz CT molecular complexity index is 1220. The van der Waals surface area contributed by atoms with Gasteiger partial charge in [0.1, 0.15) is 0 Å². The second-order valence-corrected chi connectivity index (χ2v) is 6.96. The summed E-state index contributed by atoms with van der Waals surface area (Å²) in [4.78, 5) is 35.3. The van der Waals surface area contributed by atoms with E-state index in [0.29, 0.717) is 16.8 Å². The Kier molecular flexibility index (Phi) is 4.77. The van der Waals surface area contributed by atoms with E-state index in [9.17, 15) is 19.5 Å². The molecule has 3 aromatic rings. The van der Waals surface area contributed by atoms with Gasteiger partial charge < -0.3 is 16.2 Å². The number of primary amides is 1. The molecule has 30 heavy (non-hydrogen) atoms. The van der Waals surface area contributed by atoms with Crippen LogP contribution in [-0.4, -0.2) is 28.5 Å². The zero-order valence-corrected chi connectivity index (χ0v) is 15.8. The minimum absolute atomic E-state index is 0.213. The number of hydrogen-bond donors (Lipinski definition) is 4. The van der Waals surface area contributed by atoms with Crippen molar-refractivity contribution in [3.8, 4) is 0 Å². The van der Waals surface area contributed by atoms with Crippen LogP contribution in [0.3, 0.4) is 0 Å². The number of amides is 3. The number of nitrogens with zero attached hydrogens (tertiary/aromatic N) is 1. The van der Waals surface area contributed by atoms with Crippen molar-refractivity contribution in [1.82, 2.24) is 5.43 Å². The number of para-hydroxylation sites is 1. The highest BCUT2D eigenvalue weighted by atomic mass is 16.3. The quantitative estimate of drug-likeness (QED) is 0.298. The lowest BCUT2D eigenvalue weighted by atomic mass is 9.87. The number of anilines is 1. The molecule has 0 saturated carbocycles. The highest BCUT2D eigenvalue weighted by Crippen LogP contribution is 2.39. The Labute approximate surface area is 171 Å². The molecule has 0 unspecified atom stereocenters. The lowest BCUT2D eigenvalue weighted by Crippen LogP contribution is -2.38. The standard InChI is InChI=1S/C22H18N4O4/c23-19(27)20(28)26-25-18(15-10-9-13-5-1-2-6-14(13)11-15)12-22(30)16-7-3-4-8-17(16)24-21(22)29/h1-11,30H,12H2,(H2,23,27)(H,24,29)(H,26,28)/b25-18-/t22-/m0/s1. The van der Waals surface area contributed by atoms with Crippen LogP contribution in [0.25, 0.3) is 10.8 Å². The molecule has 0 aliphatic carbocycles. The molecule has 0 saturated heterocycles. The Morgan fingerprint density at radius 3 is 2.50 bits per heavy atom. The highest BCUT2D eigenvalue weighted by molar-refractivity contribution is 6.34. The Morgan fingerprint density at radius 1 is 1.03 bits per heavy atom. The first-order valence-electron chi connectivity index (χ1n) is 9.17. The van der Waals surface area contributed by atoms with Crippen LogP contribution in [0.15, 0.2) is 71.8 Å². The minimum atomic E-state index is -1.89. The number of aliphatic hydroxyl groups is 1. The van der Waals surface area contributed by atoms with Gasteiger partial charge in [-0.05, 0) is 28.5 Å². The third kappa shape index (κ3) is 3.40. The van der Waals surface area contributed by atoms with Gasteiger partial charge in [0.25, 0.3) is 5.91 Å². The fourth-order valence-corrected chi connectivity index (χ4v) is 3.47. The summed E-state index contributed by atoms with van der Waals surface area (Å²) in [5.41, 5.74) is 6.87. The van der Waals surface area contributed by atoms with Crippen molar-refractivity contribution in [3.63, 3.8) is 0 Å². The number of nitrogens with one attached hydrogen (secondary N) is 2. The number of carbonyl (C=O) groups is 3. The molecule has 1 aliphatic rings. The molecule has 8 nitrogen and oxygen atoms in total. The van der Waals surface area contributed by atoms with Gasteiger partial charge in [0.2, 0.25) is 0 Å². The van der Waals surface area contributed by atoms with E-state index in [1.54, 1.807) is 30.3 Å². The number of rotatable bonds is 4. The first-order valence-corrected chi connectivity index (χ1v) is 9.17. The first kappa shape index (κ1) is 19.3. The number of benzene rings is 3. The molecule has 1 atom stereocenters. The van der Waals surface area contributed by atoms with E-state index in [0.717, 1.165) is 10.8 Å². The topological polar surface area (TPSA) is 134 Å². The lowest BCUT2D eigenvalue weighted by Gasteiger charge is -2.22. The van der Waals surface area contributed by atoms with E-state index < -0.39 is 23.3 Å². The summed E-state index contributed by atoms with van der Waals surface area (Å²) in [6, 6.07) is 19.9. The molecular weight excluding hydrogens is 384 g/mol. The van der Waals surface area contributed by atoms with Crippen LogP contribution in [0.1, 0.15) is 17.5 Å². The number of hydrogen-bond acceptors (Lipinski definition) is 5. The molecule has 0 aromatic heterocycles. The fraction of sp³-hybridized carbons (Fsp3) is 0.0909. The number of carbonyl (C=O) groups excluding carboxylic acids is 3. The molecule has 5 N–H and O–H groups in total. The molecule has 8 heteroatoms. The van der Waals surface area contributed by atoms with Crippen molar-refractivity contribution in [2.75, 3.05) is 5.32 Å². The van der Waals surface area contributed by atoms with Gasteiger partial charge in [0.15, 0.2) is 5.60 Å². The van der Waals surface area contributed by atoms with Crippen LogP contribution < -0.4 is 16.5 Å². The summed E-state index contributed by atoms with van der Waals surface area (Å²) >= 11 is 0. The van der Waals surface area contributed by atoms with Crippen molar-refractivity contribution < 1.29 is 19.5 Å². The van der Waals surface area contributed by atoms with Gasteiger partial charge in [-0.3, -0.25) is 14.4 Å². The Balaban J connectivity index is 1.77. The second-order valence-electron chi connectivity index (χ2n) is 6.96. The van der Waals surface area contributed by atoms with Crippen molar-refractivity contribution in [3.05, 3.63) is 77.9 Å². The largest absolute Gasteiger partial charge is 0.375 e. The van der Waals surface area contributed by atoms with E-state index in [-0.39, 0.29) is 12.1 Å². The molecule has 3 aromatic carbocycles. The molecule has 0 bridgehead atoms. The van der Waals surface area contributed by atoms with Crippen molar-refractivity contribution in [2.24, 2.45) is 10.8 Å². The first-order chi connectivity index (χ1) is 14.4. The van der Waals surface area contributed by atoms with Crippen molar-refractivity contribution >= 4 is 39.9 Å². The summed E-state index contributed by atoms with van der Waals surface area (Å²) < 4.78 is 0. The summed E-state index contributed by atoms with van der Waals surface area (Å²) in [5, 5.41) is 19.8. The molecule has 0 radical (unpaired) electrons. The average Bonchev–Trinajstić information content (AvgIpc) is 3.00. The predicted octanol–water partition coefficient (Wildman–Crippen LogP) is 1.38. The third-order valence-corrected chi connectivity index (χ3v) is 5.02. The van der Waals surface area contributed by atoms with Gasteiger partial charge in [0, 0.05) is 17.7 Å². The Morgan fingerprint density at radius 2 is 1.73 bits per heavy atom. The summed E-state index contributed by atoms with van der Waals surface area (Å²) in [6.45, 7) is 0. The minimum Gasteiger partial charge on any atom is -0.375 e. The summed E-state index contributed by atoms with van der Waals surface area (Å²) in [6.07, 6.45) is -0.229. The number of nitrogens with two attached hydrogens (primary N) is 1. The number of fused-ring (bicyclic) bond motifs is 2. The predicted molar refractivity (Wildman–Crippen MR) is 111 cm³/mol. The normalized spacial score (nSPS) is 18.0. The van der Waals surface area contributed by atoms with Crippen molar-refractivity contribution in [2.45, 2.75) is 12.0 Å². The lowest BCUT2D eigenvalue weighted by molar-refractivity contribution is -0.137.